The number of amides is 1. The van der Waals surface area contributed by atoms with Gasteiger partial charge in [-0.15, -0.1) is 6.58 Å². The van der Waals surface area contributed by atoms with Crippen LogP contribution in [0.3, 0.4) is 0 Å². The Morgan fingerprint density at radius 1 is 1.14 bits per heavy atom. The van der Waals surface area contributed by atoms with Crippen LogP contribution in [0.1, 0.15) is 43.2 Å². The average molecular weight is 501 g/mol. The van der Waals surface area contributed by atoms with Crippen molar-refractivity contribution in [1.29, 1.82) is 0 Å². The number of esters is 2. The van der Waals surface area contributed by atoms with Crippen molar-refractivity contribution in [3.05, 3.63) is 66.5 Å². The molecule has 3 atom stereocenters. The summed E-state index contributed by atoms with van der Waals surface area (Å²) < 4.78 is 26.9. The van der Waals surface area contributed by atoms with Gasteiger partial charge < -0.3 is 29.0 Å². The lowest BCUT2D eigenvalue weighted by Crippen LogP contribution is -2.43. The Hall–Kier alpha value is -3.92. The van der Waals surface area contributed by atoms with Gasteiger partial charge in [0.15, 0.2) is 17.2 Å². The third-order valence-corrected chi connectivity index (χ3v) is 5.00. The van der Waals surface area contributed by atoms with E-state index in [9.17, 15) is 14.4 Å². The molecule has 0 aliphatic heterocycles. The Labute approximate surface area is 210 Å². The van der Waals surface area contributed by atoms with Crippen molar-refractivity contribution in [3.8, 4) is 11.5 Å². The lowest BCUT2D eigenvalue weighted by Gasteiger charge is -2.25. The molecule has 1 aromatic heterocycles. The smallest absolute Gasteiger partial charge is 0.328 e. The molecular formula is C26H32N2O8. The van der Waals surface area contributed by atoms with Crippen molar-refractivity contribution in [2.24, 2.45) is 0 Å². The van der Waals surface area contributed by atoms with Crippen molar-refractivity contribution >= 4 is 17.8 Å². The van der Waals surface area contributed by atoms with Crippen LogP contribution < -0.4 is 14.8 Å². The van der Waals surface area contributed by atoms with E-state index in [1.165, 1.54) is 33.2 Å². The molecule has 2 rings (SSSR count). The molecule has 1 N–H and O–H groups in total. The quantitative estimate of drug-likeness (QED) is 0.237. The maximum absolute atomic E-state index is 12.9. The zero-order valence-electron chi connectivity index (χ0n) is 20.9. The van der Waals surface area contributed by atoms with E-state index >= 15 is 0 Å². The lowest BCUT2D eigenvalue weighted by atomic mass is 10.1. The topological polar surface area (TPSA) is 122 Å². The first-order chi connectivity index (χ1) is 17.3. The molecule has 0 aliphatic carbocycles. The summed E-state index contributed by atoms with van der Waals surface area (Å²) in [4.78, 5) is 40.6. The molecule has 0 fully saturated rings. The minimum absolute atomic E-state index is 0.0342. The fourth-order valence-electron chi connectivity index (χ4n) is 3.09. The average Bonchev–Trinajstić information content (AvgIpc) is 2.86. The van der Waals surface area contributed by atoms with Gasteiger partial charge in [0.2, 0.25) is 6.79 Å². The van der Waals surface area contributed by atoms with Crippen LogP contribution in [0.15, 0.2) is 55.3 Å². The molecular weight excluding hydrogens is 468 g/mol. The van der Waals surface area contributed by atoms with Crippen LogP contribution in [0.5, 0.6) is 11.5 Å². The predicted molar refractivity (Wildman–Crippen MR) is 130 cm³/mol. The molecule has 2 aromatic rings. The number of carbonyl (C=O) groups excluding carboxylic acids is 3. The molecule has 10 nitrogen and oxygen atoms in total. The number of pyridine rings is 1. The molecule has 1 heterocycles. The Kier molecular flexibility index (Phi) is 11.4. The summed E-state index contributed by atoms with van der Waals surface area (Å²) in [5.74, 6) is -1.75. The molecule has 0 saturated heterocycles. The summed E-state index contributed by atoms with van der Waals surface area (Å²) in [6.07, 6.45) is 2.49. The molecule has 0 saturated carbocycles. The van der Waals surface area contributed by atoms with E-state index in [4.69, 9.17) is 23.7 Å². The second kappa shape index (κ2) is 14.5. The lowest BCUT2D eigenvalue weighted by molar-refractivity contribution is -0.158. The van der Waals surface area contributed by atoms with E-state index in [2.05, 4.69) is 16.9 Å². The van der Waals surface area contributed by atoms with Crippen LogP contribution in [0.25, 0.3) is 0 Å². The fraction of sp³-hybridized carbons (Fsp3) is 0.385. The highest BCUT2D eigenvalue weighted by molar-refractivity contribution is 5.98. The number of ether oxygens (including phenoxy) is 5. The normalized spacial score (nSPS) is 13.0. The second-order valence-electron chi connectivity index (χ2n) is 7.79. The van der Waals surface area contributed by atoms with Crippen molar-refractivity contribution in [2.45, 2.75) is 52.0 Å². The summed E-state index contributed by atoms with van der Waals surface area (Å²) >= 11 is 0. The molecule has 194 valence electrons. The Balaban J connectivity index is 2.01. The summed E-state index contributed by atoms with van der Waals surface area (Å²) in [5, 5.41) is 2.54. The second-order valence-corrected chi connectivity index (χ2v) is 7.79. The van der Waals surface area contributed by atoms with E-state index in [1.54, 1.807) is 13.0 Å². The van der Waals surface area contributed by atoms with E-state index in [-0.39, 0.29) is 17.2 Å². The molecule has 0 spiro atoms. The van der Waals surface area contributed by atoms with Gasteiger partial charge in [-0.25, -0.2) is 9.78 Å². The first kappa shape index (κ1) is 28.3. The Bertz CT molecular complexity index is 1030. The Morgan fingerprint density at radius 2 is 1.86 bits per heavy atom. The zero-order valence-corrected chi connectivity index (χ0v) is 20.9. The molecule has 1 aromatic carbocycles. The number of aromatic nitrogens is 1. The van der Waals surface area contributed by atoms with Crippen molar-refractivity contribution < 1.29 is 38.1 Å². The van der Waals surface area contributed by atoms with Crippen LogP contribution in [0, 0.1) is 0 Å². The molecule has 0 aliphatic rings. The molecule has 0 unspecified atom stereocenters. The summed E-state index contributed by atoms with van der Waals surface area (Å²) in [6, 6.07) is 10.1. The number of hydrogen-bond donors (Lipinski definition) is 1. The highest BCUT2D eigenvalue weighted by Crippen LogP contribution is 2.29. The first-order valence-electron chi connectivity index (χ1n) is 11.3. The van der Waals surface area contributed by atoms with Gasteiger partial charge in [0, 0.05) is 19.2 Å². The molecule has 0 bridgehead atoms. The maximum atomic E-state index is 12.9. The minimum Gasteiger partial charge on any atom is -0.493 e. The number of methoxy groups -OCH3 is 1. The van der Waals surface area contributed by atoms with Crippen LogP contribution in [-0.4, -0.2) is 55.0 Å². The fourth-order valence-corrected chi connectivity index (χ4v) is 3.09. The van der Waals surface area contributed by atoms with E-state index < -0.39 is 42.9 Å². The van der Waals surface area contributed by atoms with Gasteiger partial charge in [-0.3, -0.25) is 9.59 Å². The standard InChI is InChI=1S/C26H32N2O8/c1-6-10-21(33-15-20-11-8-7-9-12-20)18(3)36-26(31)17(2)28-25(30)23-24(35-16-34-19(4)29)22(32-5)13-14-27-23/h6-9,11-14,17-18,21H,1,10,15-16H2,2-5H3,(H,28,30)/t17-,18-,21+/m0/s1. The van der Waals surface area contributed by atoms with Crippen molar-refractivity contribution in [3.63, 3.8) is 0 Å². The third-order valence-electron chi connectivity index (χ3n) is 5.00. The third kappa shape index (κ3) is 8.70. The van der Waals surface area contributed by atoms with Crippen LogP contribution in [0.2, 0.25) is 0 Å². The number of carbonyl (C=O) groups is 3. The van der Waals surface area contributed by atoms with Crippen molar-refractivity contribution in [1.82, 2.24) is 10.3 Å². The van der Waals surface area contributed by atoms with E-state index in [1.807, 2.05) is 30.3 Å². The monoisotopic (exact) mass is 500 g/mol. The van der Waals surface area contributed by atoms with Gasteiger partial charge in [0.25, 0.3) is 5.91 Å². The first-order valence-corrected chi connectivity index (χ1v) is 11.3. The summed E-state index contributed by atoms with van der Waals surface area (Å²) in [5.41, 5.74) is 0.841. The van der Waals surface area contributed by atoms with Crippen molar-refractivity contribution in [2.75, 3.05) is 13.9 Å². The van der Waals surface area contributed by atoms with Gasteiger partial charge >= 0.3 is 11.9 Å². The highest BCUT2D eigenvalue weighted by Gasteiger charge is 2.27. The van der Waals surface area contributed by atoms with Gasteiger partial charge in [0.05, 0.1) is 19.8 Å². The minimum atomic E-state index is -1.01. The number of rotatable bonds is 14. The van der Waals surface area contributed by atoms with Crippen LogP contribution in [-0.2, 0) is 30.4 Å². The summed E-state index contributed by atoms with van der Waals surface area (Å²) in [7, 11) is 1.39. The van der Waals surface area contributed by atoms with Gasteiger partial charge in [-0.2, -0.15) is 0 Å². The van der Waals surface area contributed by atoms with Crippen LogP contribution >= 0.6 is 0 Å². The zero-order chi connectivity index (χ0) is 26.5. The van der Waals surface area contributed by atoms with Gasteiger partial charge in [-0.05, 0) is 25.8 Å². The molecule has 1 amide bonds. The molecule has 10 heteroatoms. The maximum Gasteiger partial charge on any atom is 0.328 e. The van der Waals surface area contributed by atoms with Gasteiger partial charge in [-0.1, -0.05) is 36.4 Å². The number of benzene rings is 1. The highest BCUT2D eigenvalue weighted by atomic mass is 16.7. The van der Waals surface area contributed by atoms with Crippen LogP contribution in [0.4, 0.5) is 0 Å². The largest absolute Gasteiger partial charge is 0.493 e. The Morgan fingerprint density at radius 3 is 2.50 bits per heavy atom. The molecule has 0 radical (unpaired) electrons. The van der Waals surface area contributed by atoms with E-state index in [0.717, 1.165) is 5.56 Å². The SMILES string of the molecule is C=CC[C@@H](OCc1ccccc1)[C@H](C)OC(=O)[C@H](C)NC(=O)c1nccc(OC)c1OCOC(C)=O. The number of hydrogen-bond acceptors (Lipinski definition) is 9. The molecule has 36 heavy (non-hydrogen) atoms. The number of nitrogens with zero attached hydrogens (tertiary/aromatic N) is 1. The number of nitrogens with one attached hydrogen (secondary N) is 1. The van der Waals surface area contributed by atoms with E-state index in [0.29, 0.717) is 13.0 Å². The predicted octanol–water partition coefficient (Wildman–Crippen LogP) is 3.20. The van der Waals surface area contributed by atoms with Gasteiger partial charge in [0.1, 0.15) is 12.1 Å². The summed E-state index contributed by atoms with van der Waals surface area (Å²) in [6.45, 7) is 8.08.